The highest BCUT2D eigenvalue weighted by atomic mass is 19.4. The first-order chi connectivity index (χ1) is 11.8. The van der Waals surface area contributed by atoms with Gasteiger partial charge in [-0.3, -0.25) is 9.69 Å². The lowest BCUT2D eigenvalue weighted by Crippen LogP contribution is -2.43. The first kappa shape index (κ1) is 19.7. The summed E-state index contributed by atoms with van der Waals surface area (Å²) in [6, 6.07) is 9.01. The van der Waals surface area contributed by atoms with Gasteiger partial charge in [0.05, 0.1) is 12.6 Å². The van der Waals surface area contributed by atoms with Crippen LogP contribution in [-0.2, 0) is 11.2 Å². The second-order valence-corrected chi connectivity index (χ2v) is 6.71. The normalized spacial score (nSPS) is 18.1. The molecule has 2 rings (SSSR count). The van der Waals surface area contributed by atoms with Crippen LogP contribution in [0.4, 0.5) is 13.2 Å². The molecule has 1 aliphatic rings. The Morgan fingerprint density at radius 2 is 1.88 bits per heavy atom. The van der Waals surface area contributed by atoms with Gasteiger partial charge >= 0.3 is 6.18 Å². The van der Waals surface area contributed by atoms with Crippen molar-refractivity contribution in [2.75, 3.05) is 26.2 Å². The molecular formula is C18H26F3N3O. The van der Waals surface area contributed by atoms with Gasteiger partial charge in [0.1, 0.15) is 0 Å². The lowest BCUT2D eigenvalue weighted by Gasteiger charge is -2.32. The molecule has 3 N–H and O–H groups in total. The van der Waals surface area contributed by atoms with Gasteiger partial charge < -0.3 is 11.1 Å². The summed E-state index contributed by atoms with van der Waals surface area (Å²) < 4.78 is 37.1. The first-order valence-electron chi connectivity index (χ1n) is 8.70. The lowest BCUT2D eigenvalue weighted by atomic mass is 9.93. The number of hydrogen-bond acceptors (Lipinski definition) is 3. The highest BCUT2D eigenvalue weighted by Gasteiger charge is 2.32. The van der Waals surface area contributed by atoms with Crippen LogP contribution in [0.5, 0.6) is 0 Å². The Morgan fingerprint density at radius 3 is 2.48 bits per heavy atom. The lowest BCUT2D eigenvalue weighted by molar-refractivity contribution is -0.148. The van der Waals surface area contributed by atoms with E-state index in [4.69, 9.17) is 5.73 Å². The van der Waals surface area contributed by atoms with E-state index < -0.39 is 18.8 Å². The molecule has 0 radical (unpaired) electrons. The Labute approximate surface area is 146 Å². The number of nitrogens with zero attached hydrogens (tertiary/aromatic N) is 1. The van der Waals surface area contributed by atoms with Crippen molar-refractivity contribution in [2.24, 2.45) is 11.7 Å². The summed E-state index contributed by atoms with van der Waals surface area (Å²) in [5, 5.41) is 2.84. The molecule has 0 bridgehead atoms. The molecule has 1 saturated heterocycles. The second-order valence-electron chi connectivity index (χ2n) is 6.71. The van der Waals surface area contributed by atoms with E-state index in [1.165, 1.54) is 4.90 Å². The van der Waals surface area contributed by atoms with Crippen LogP contribution in [-0.4, -0.2) is 49.2 Å². The van der Waals surface area contributed by atoms with Gasteiger partial charge in [-0.1, -0.05) is 30.3 Å². The molecular weight excluding hydrogens is 331 g/mol. The summed E-state index contributed by atoms with van der Waals surface area (Å²) in [6.45, 7) is 0.618. The molecule has 7 heteroatoms. The minimum atomic E-state index is -4.13. The monoisotopic (exact) mass is 357 g/mol. The summed E-state index contributed by atoms with van der Waals surface area (Å²) in [4.78, 5) is 13.5. The number of nitrogens with two attached hydrogens (primary N) is 1. The van der Waals surface area contributed by atoms with Gasteiger partial charge in [0.15, 0.2) is 0 Å². The SMILES string of the molecule is NC(Cc1ccccc1)C(=O)NCCC1CCN(CC(F)(F)F)CC1. The number of rotatable bonds is 7. The van der Waals surface area contributed by atoms with Crippen LogP contribution in [0.2, 0.25) is 0 Å². The maximum atomic E-state index is 12.4. The number of likely N-dealkylation sites (tertiary alicyclic amines) is 1. The molecule has 140 valence electrons. The van der Waals surface area contributed by atoms with Crippen LogP contribution in [0.3, 0.4) is 0 Å². The molecule has 0 saturated carbocycles. The number of benzene rings is 1. The summed E-state index contributed by atoms with van der Waals surface area (Å²) in [5.74, 6) is 0.175. The number of carbonyl (C=O) groups excluding carboxylic acids is 1. The van der Waals surface area contributed by atoms with E-state index in [0.717, 1.165) is 24.8 Å². The zero-order valence-corrected chi connectivity index (χ0v) is 14.3. The fraction of sp³-hybridized carbons (Fsp3) is 0.611. The summed E-state index contributed by atoms with van der Waals surface area (Å²) in [7, 11) is 0. The van der Waals surface area contributed by atoms with Crippen molar-refractivity contribution in [3.8, 4) is 0 Å². The first-order valence-corrected chi connectivity index (χ1v) is 8.70. The summed E-state index contributed by atoms with van der Waals surface area (Å²) >= 11 is 0. The van der Waals surface area contributed by atoms with Crippen LogP contribution in [0.25, 0.3) is 0 Å². The van der Waals surface area contributed by atoms with Crippen molar-refractivity contribution in [2.45, 2.75) is 37.9 Å². The molecule has 1 unspecified atom stereocenters. The molecule has 1 aromatic carbocycles. The molecule has 0 aromatic heterocycles. The predicted molar refractivity (Wildman–Crippen MR) is 91.0 cm³/mol. The zero-order valence-electron chi connectivity index (χ0n) is 14.3. The van der Waals surface area contributed by atoms with Crippen molar-refractivity contribution < 1.29 is 18.0 Å². The fourth-order valence-electron chi connectivity index (χ4n) is 3.18. The van der Waals surface area contributed by atoms with Crippen molar-refractivity contribution in [3.63, 3.8) is 0 Å². The minimum absolute atomic E-state index is 0.182. The van der Waals surface area contributed by atoms with Gasteiger partial charge in [-0.2, -0.15) is 13.2 Å². The molecule has 1 aliphatic heterocycles. The van der Waals surface area contributed by atoms with E-state index in [9.17, 15) is 18.0 Å². The Kier molecular flexibility index (Phi) is 7.25. The van der Waals surface area contributed by atoms with Crippen LogP contribution in [0, 0.1) is 5.92 Å². The number of amides is 1. The topological polar surface area (TPSA) is 58.4 Å². The van der Waals surface area contributed by atoms with E-state index in [1.54, 1.807) is 0 Å². The van der Waals surface area contributed by atoms with E-state index in [0.29, 0.717) is 32.0 Å². The van der Waals surface area contributed by atoms with E-state index in [2.05, 4.69) is 5.32 Å². The Hall–Kier alpha value is -1.60. The van der Waals surface area contributed by atoms with Crippen molar-refractivity contribution in [3.05, 3.63) is 35.9 Å². The highest BCUT2D eigenvalue weighted by molar-refractivity contribution is 5.81. The Morgan fingerprint density at radius 1 is 1.24 bits per heavy atom. The minimum Gasteiger partial charge on any atom is -0.355 e. The average molecular weight is 357 g/mol. The number of piperidine rings is 1. The number of hydrogen-bond donors (Lipinski definition) is 2. The van der Waals surface area contributed by atoms with E-state index in [1.807, 2.05) is 30.3 Å². The van der Waals surface area contributed by atoms with Crippen molar-refractivity contribution in [1.82, 2.24) is 10.2 Å². The fourth-order valence-corrected chi connectivity index (χ4v) is 3.18. The molecule has 1 heterocycles. The number of halogens is 3. The third-order valence-corrected chi connectivity index (χ3v) is 4.60. The molecule has 0 aliphatic carbocycles. The highest BCUT2D eigenvalue weighted by Crippen LogP contribution is 2.23. The van der Waals surface area contributed by atoms with Crippen molar-refractivity contribution >= 4 is 5.91 Å². The smallest absolute Gasteiger partial charge is 0.355 e. The van der Waals surface area contributed by atoms with Crippen molar-refractivity contribution in [1.29, 1.82) is 0 Å². The molecule has 4 nitrogen and oxygen atoms in total. The van der Waals surface area contributed by atoms with Crippen LogP contribution in [0.15, 0.2) is 30.3 Å². The molecule has 1 amide bonds. The van der Waals surface area contributed by atoms with Crippen LogP contribution in [0.1, 0.15) is 24.8 Å². The Bertz CT molecular complexity index is 528. The van der Waals surface area contributed by atoms with Gasteiger partial charge in [-0.05, 0) is 50.3 Å². The molecule has 25 heavy (non-hydrogen) atoms. The van der Waals surface area contributed by atoms with Gasteiger partial charge in [0.25, 0.3) is 0 Å². The number of carbonyl (C=O) groups is 1. The van der Waals surface area contributed by atoms with Crippen LogP contribution >= 0.6 is 0 Å². The third-order valence-electron chi connectivity index (χ3n) is 4.60. The van der Waals surface area contributed by atoms with E-state index >= 15 is 0 Å². The molecule has 1 fully saturated rings. The average Bonchev–Trinajstić information content (AvgIpc) is 2.56. The molecule has 1 aromatic rings. The second kappa shape index (κ2) is 9.20. The zero-order chi connectivity index (χ0) is 18.3. The predicted octanol–water partition coefficient (Wildman–Crippen LogP) is 2.34. The standard InChI is InChI=1S/C18H26F3N3O/c19-18(20,21)13-24-10-7-14(8-11-24)6-9-23-17(25)16(22)12-15-4-2-1-3-5-15/h1-5,14,16H,6-13,22H2,(H,23,25). The largest absolute Gasteiger partial charge is 0.401 e. The van der Waals surface area contributed by atoms with E-state index in [-0.39, 0.29) is 5.91 Å². The molecule has 0 spiro atoms. The summed E-state index contributed by atoms with van der Waals surface area (Å²) in [6.07, 6.45) is -1.38. The molecule has 1 atom stereocenters. The number of nitrogens with one attached hydrogen (secondary N) is 1. The Balaban J connectivity index is 1.62. The third kappa shape index (κ3) is 7.44. The number of alkyl halides is 3. The van der Waals surface area contributed by atoms with Gasteiger partial charge in [0, 0.05) is 6.54 Å². The summed E-state index contributed by atoms with van der Waals surface area (Å²) in [5.41, 5.74) is 6.94. The van der Waals surface area contributed by atoms with Crippen LogP contribution < -0.4 is 11.1 Å². The maximum absolute atomic E-state index is 12.4. The van der Waals surface area contributed by atoms with Gasteiger partial charge in [0.2, 0.25) is 5.91 Å². The maximum Gasteiger partial charge on any atom is 0.401 e. The van der Waals surface area contributed by atoms with Gasteiger partial charge in [-0.25, -0.2) is 0 Å². The quantitative estimate of drug-likeness (QED) is 0.788. The van der Waals surface area contributed by atoms with Gasteiger partial charge in [-0.15, -0.1) is 0 Å².